The number of amides is 2. The fourth-order valence-electron chi connectivity index (χ4n) is 3.31. The summed E-state index contributed by atoms with van der Waals surface area (Å²) in [6, 6.07) is 7.47. The lowest BCUT2D eigenvalue weighted by Crippen LogP contribution is -2.48. The Hall–Kier alpha value is -3.20. The summed E-state index contributed by atoms with van der Waals surface area (Å²) in [5.74, 6) is 0.832. The van der Waals surface area contributed by atoms with Crippen LogP contribution in [0, 0.1) is 10.1 Å². The molecule has 2 amide bonds. The number of hydrogen-bond donors (Lipinski definition) is 1. The Bertz CT molecular complexity index is 853. The maximum absolute atomic E-state index is 12.7. The molecule has 1 aliphatic rings. The van der Waals surface area contributed by atoms with Crippen molar-refractivity contribution in [1.29, 1.82) is 0 Å². The number of benzene rings is 1. The highest BCUT2D eigenvalue weighted by molar-refractivity contribution is 5.94. The summed E-state index contributed by atoms with van der Waals surface area (Å²) in [7, 11) is 1.53. The second-order valence-corrected chi connectivity index (χ2v) is 6.91. The van der Waals surface area contributed by atoms with Crippen molar-refractivity contribution in [2.75, 3.05) is 31.6 Å². The van der Waals surface area contributed by atoms with Crippen LogP contribution in [0.25, 0.3) is 0 Å². The van der Waals surface area contributed by atoms with Crippen LogP contribution in [-0.2, 0) is 0 Å². The van der Waals surface area contributed by atoms with Crippen molar-refractivity contribution in [3.8, 4) is 11.5 Å². The maximum Gasteiger partial charge on any atom is 0.322 e. The van der Waals surface area contributed by atoms with Crippen LogP contribution in [0.3, 0.4) is 0 Å². The first kappa shape index (κ1) is 20.5. The molecular weight excluding hydrogens is 374 g/mol. The molecule has 1 aromatic heterocycles. The zero-order valence-corrected chi connectivity index (χ0v) is 16.6. The molecule has 3 rings (SSSR count). The van der Waals surface area contributed by atoms with Crippen molar-refractivity contribution in [1.82, 2.24) is 15.2 Å². The van der Waals surface area contributed by atoms with Crippen molar-refractivity contribution >= 4 is 17.4 Å². The second kappa shape index (κ2) is 9.33. The number of piperidine rings is 1. The molecule has 1 N–H and O–H groups in total. The van der Waals surface area contributed by atoms with Crippen LogP contribution in [0.2, 0.25) is 0 Å². The molecule has 9 heteroatoms. The molecule has 1 aliphatic heterocycles. The summed E-state index contributed by atoms with van der Waals surface area (Å²) in [5.41, 5.74) is 0.00980. The highest BCUT2D eigenvalue weighted by atomic mass is 16.6. The average Bonchev–Trinajstić information content (AvgIpc) is 2.74. The molecular formula is C20H25N5O4. The van der Waals surface area contributed by atoms with Gasteiger partial charge in [0, 0.05) is 38.6 Å². The van der Waals surface area contributed by atoms with Gasteiger partial charge in [-0.1, -0.05) is 6.92 Å². The van der Waals surface area contributed by atoms with E-state index in [4.69, 9.17) is 4.74 Å². The minimum absolute atomic E-state index is 0.0705. The number of rotatable bonds is 6. The molecule has 29 heavy (non-hydrogen) atoms. The van der Waals surface area contributed by atoms with Gasteiger partial charge in [0.25, 0.3) is 5.69 Å². The minimum atomic E-state index is -0.516. The number of nitro benzene ring substituents is 1. The van der Waals surface area contributed by atoms with Crippen LogP contribution in [0.4, 0.5) is 16.2 Å². The van der Waals surface area contributed by atoms with Crippen LogP contribution in [0.1, 0.15) is 19.8 Å². The third-order valence-corrected chi connectivity index (χ3v) is 5.06. The van der Waals surface area contributed by atoms with E-state index in [1.54, 1.807) is 30.6 Å². The van der Waals surface area contributed by atoms with E-state index in [-0.39, 0.29) is 23.4 Å². The molecule has 0 radical (unpaired) electrons. The number of urea groups is 1. The van der Waals surface area contributed by atoms with E-state index in [9.17, 15) is 14.9 Å². The number of likely N-dealkylation sites (tertiary alicyclic amines) is 1. The Balaban J connectivity index is 1.71. The van der Waals surface area contributed by atoms with E-state index in [0.29, 0.717) is 11.5 Å². The first-order chi connectivity index (χ1) is 14.0. The van der Waals surface area contributed by atoms with Gasteiger partial charge in [-0.25, -0.2) is 4.79 Å². The number of ether oxygens (including phenoxy) is 1. The number of nitrogens with zero attached hydrogens (tertiary/aromatic N) is 4. The molecule has 1 aromatic carbocycles. The molecule has 0 saturated carbocycles. The normalized spacial score (nSPS) is 15.0. The summed E-state index contributed by atoms with van der Waals surface area (Å²) in [5, 5.41) is 14.6. The number of carbonyl (C=O) groups is 1. The third kappa shape index (κ3) is 5.20. The number of carbonyl (C=O) groups excluding carboxylic acids is 1. The summed E-state index contributed by atoms with van der Waals surface area (Å²) in [4.78, 5) is 31.2. The highest BCUT2D eigenvalue weighted by Crippen LogP contribution is 2.33. The number of anilines is 1. The topological polar surface area (TPSA) is 101 Å². The van der Waals surface area contributed by atoms with Gasteiger partial charge in [-0.15, -0.1) is 0 Å². The van der Waals surface area contributed by atoms with Crippen LogP contribution in [0.5, 0.6) is 11.5 Å². The first-order valence-corrected chi connectivity index (χ1v) is 9.60. The molecule has 0 aliphatic carbocycles. The quantitative estimate of drug-likeness (QED) is 0.590. The van der Waals surface area contributed by atoms with Gasteiger partial charge < -0.3 is 15.0 Å². The number of aromatic nitrogens is 1. The zero-order valence-electron chi connectivity index (χ0n) is 16.6. The molecule has 1 saturated heterocycles. The smallest absolute Gasteiger partial charge is 0.322 e. The van der Waals surface area contributed by atoms with Crippen LogP contribution < -0.4 is 15.0 Å². The number of hydrogen-bond acceptors (Lipinski definition) is 6. The van der Waals surface area contributed by atoms with E-state index >= 15 is 0 Å². The van der Waals surface area contributed by atoms with E-state index in [1.807, 2.05) is 0 Å². The highest BCUT2D eigenvalue weighted by Gasteiger charge is 2.25. The second-order valence-electron chi connectivity index (χ2n) is 6.91. The van der Waals surface area contributed by atoms with Crippen molar-refractivity contribution in [2.45, 2.75) is 25.8 Å². The predicted octanol–water partition coefficient (Wildman–Crippen LogP) is 3.41. The zero-order chi connectivity index (χ0) is 20.8. The van der Waals surface area contributed by atoms with Crippen LogP contribution >= 0.6 is 0 Å². The van der Waals surface area contributed by atoms with Crippen molar-refractivity contribution in [3.63, 3.8) is 0 Å². The standard InChI is InChI=1S/C20H25N5O4/c1-3-24-12-8-15(9-13-24)22-20(26)23(2)18-5-4-17(14-19(18)25(27)28)29-16-6-10-21-11-7-16/h4-7,10-11,14-15H,3,8-9,12-13H2,1-2H3,(H,22,26). The van der Waals surface area contributed by atoms with Gasteiger partial charge in [-0.2, -0.15) is 0 Å². The average molecular weight is 399 g/mol. The fraction of sp³-hybridized carbons (Fsp3) is 0.400. The van der Waals surface area contributed by atoms with Gasteiger partial charge in [0.05, 0.1) is 11.0 Å². The van der Waals surface area contributed by atoms with Crippen LogP contribution in [0.15, 0.2) is 42.7 Å². The predicted molar refractivity (Wildman–Crippen MR) is 109 cm³/mol. The lowest BCUT2D eigenvalue weighted by Gasteiger charge is -2.32. The molecule has 9 nitrogen and oxygen atoms in total. The first-order valence-electron chi connectivity index (χ1n) is 9.60. The molecule has 0 atom stereocenters. The van der Waals surface area contributed by atoms with Gasteiger partial charge in [0.2, 0.25) is 0 Å². The van der Waals surface area contributed by atoms with Gasteiger partial charge in [0.15, 0.2) is 0 Å². The molecule has 0 spiro atoms. The summed E-state index contributed by atoms with van der Waals surface area (Å²) in [6.45, 7) is 4.99. The van der Waals surface area contributed by atoms with Gasteiger partial charge >= 0.3 is 6.03 Å². The number of pyridine rings is 1. The van der Waals surface area contributed by atoms with Crippen LogP contribution in [-0.4, -0.2) is 53.6 Å². The minimum Gasteiger partial charge on any atom is -0.457 e. The molecule has 2 heterocycles. The molecule has 1 fully saturated rings. The Morgan fingerprint density at radius 2 is 1.97 bits per heavy atom. The van der Waals surface area contributed by atoms with Crippen molar-refractivity contribution in [3.05, 3.63) is 52.8 Å². The molecule has 154 valence electrons. The largest absolute Gasteiger partial charge is 0.457 e. The summed E-state index contributed by atoms with van der Waals surface area (Å²) in [6.07, 6.45) is 4.88. The van der Waals surface area contributed by atoms with E-state index in [1.165, 1.54) is 24.1 Å². The third-order valence-electron chi connectivity index (χ3n) is 5.06. The fourth-order valence-corrected chi connectivity index (χ4v) is 3.31. The Morgan fingerprint density at radius 3 is 2.59 bits per heavy atom. The van der Waals surface area contributed by atoms with Crippen molar-refractivity contribution < 1.29 is 14.5 Å². The van der Waals surface area contributed by atoms with E-state index in [2.05, 4.69) is 22.1 Å². The van der Waals surface area contributed by atoms with Gasteiger partial charge in [0.1, 0.15) is 17.2 Å². The Labute approximate surface area is 169 Å². The Morgan fingerprint density at radius 1 is 1.28 bits per heavy atom. The summed E-state index contributed by atoms with van der Waals surface area (Å²) < 4.78 is 5.64. The summed E-state index contributed by atoms with van der Waals surface area (Å²) >= 11 is 0. The van der Waals surface area contributed by atoms with Gasteiger partial charge in [-0.3, -0.25) is 20.0 Å². The molecule has 0 bridgehead atoms. The lowest BCUT2D eigenvalue weighted by atomic mass is 10.1. The maximum atomic E-state index is 12.7. The number of nitro groups is 1. The van der Waals surface area contributed by atoms with E-state index < -0.39 is 4.92 Å². The molecule has 0 unspecified atom stereocenters. The number of nitrogens with one attached hydrogen (secondary N) is 1. The van der Waals surface area contributed by atoms with Gasteiger partial charge in [-0.05, 0) is 43.7 Å². The van der Waals surface area contributed by atoms with Crippen molar-refractivity contribution in [2.24, 2.45) is 0 Å². The lowest BCUT2D eigenvalue weighted by molar-refractivity contribution is -0.384. The monoisotopic (exact) mass is 399 g/mol. The van der Waals surface area contributed by atoms with E-state index in [0.717, 1.165) is 32.5 Å². The molecule has 2 aromatic rings. The Kier molecular flexibility index (Phi) is 6.61. The SMILES string of the molecule is CCN1CCC(NC(=O)N(C)c2ccc(Oc3ccncc3)cc2[N+](=O)[O-])CC1.